The van der Waals surface area contributed by atoms with Gasteiger partial charge in [0, 0.05) is 36.6 Å². The third kappa shape index (κ3) is 4.04. The maximum absolute atomic E-state index is 12.8. The van der Waals surface area contributed by atoms with Gasteiger partial charge < -0.3 is 15.0 Å². The van der Waals surface area contributed by atoms with E-state index in [1.807, 2.05) is 31.1 Å². The molecule has 1 aliphatic heterocycles. The smallest absolute Gasteiger partial charge is 0.414 e. The SMILES string of the molecule is CN(C)c1nsc(-c2cccc(C(=O)Nc3cccc(N4CCOC4=O)c3)c2)n1. The number of anilines is 3. The summed E-state index contributed by atoms with van der Waals surface area (Å²) in [6, 6.07) is 14.4. The Labute approximate surface area is 171 Å². The van der Waals surface area contributed by atoms with Crippen molar-refractivity contribution < 1.29 is 14.3 Å². The maximum atomic E-state index is 12.8. The van der Waals surface area contributed by atoms with Gasteiger partial charge in [0.25, 0.3) is 5.91 Å². The monoisotopic (exact) mass is 409 g/mol. The highest BCUT2D eigenvalue weighted by Gasteiger charge is 2.23. The molecule has 3 aromatic rings. The van der Waals surface area contributed by atoms with Crippen LogP contribution in [0.1, 0.15) is 10.4 Å². The van der Waals surface area contributed by atoms with Gasteiger partial charge in [-0.3, -0.25) is 9.69 Å². The third-order valence-electron chi connectivity index (χ3n) is 4.36. The molecule has 0 spiro atoms. The van der Waals surface area contributed by atoms with E-state index in [4.69, 9.17) is 4.74 Å². The van der Waals surface area contributed by atoms with Crippen molar-refractivity contribution in [2.75, 3.05) is 42.4 Å². The molecule has 1 saturated heterocycles. The van der Waals surface area contributed by atoms with Gasteiger partial charge in [-0.1, -0.05) is 18.2 Å². The van der Waals surface area contributed by atoms with Gasteiger partial charge in [0.1, 0.15) is 11.6 Å². The largest absolute Gasteiger partial charge is 0.447 e. The zero-order chi connectivity index (χ0) is 20.4. The first kappa shape index (κ1) is 18.9. The van der Waals surface area contributed by atoms with E-state index in [1.165, 1.54) is 16.4 Å². The number of hydrogen-bond donors (Lipinski definition) is 1. The molecule has 0 atom stereocenters. The van der Waals surface area contributed by atoms with Crippen molar-refractivity contribution in [3.8, 4) is 10.6 Å². The van der Waals surface area contributed by atoms with Crippen LogP contribution in [0.5, 0.6) is 0 Å². The Morgan fingerprint density at radius 3 is 2.76 bits per heavy atom. The molecule has 1 aromatic heterocycles. The summed E-state index contributed by atoms with van der Waals surface area (Å²) >= 11 is 1.29. The van der Waals surface area contributed by atoms with Gasteiger partial charge in [-0.25, -0.2) is 4.79 Å². The van der Waals surface area contributed by atoms with Crippen LogP contribution >= 0.6 is 11.5 Å². The molecule has 1 aliphatic rings. The molecule has 29 heavy (non-hydrogen) atoms. The van der Waals surface area contributed by atoms with Gasteiger partial charge >= 0.3 is 6.09 Å². The van der Waals surface area contributed by atoms with E-state index in [0.29, 0.717) is 36.0 Å². The molecule has 2 heterocycles. The van der Waals surface area contributed by atoms with Crippen LogP contribution < -0.4 is 15.1 Å². The van der Waals surface area contributed by atoms with E-state index in [0.717, 1.165) is 10.6 Å². The topological polar surface area (TPSA) is 87.7 Å². The average molecular weight is 409 g/mol. The number of hydrogen-bond acceptors (Lipinski definition) is 7. The molecule has 4 rings (SSSR count). The molecule has 8 nitrogen and oxygen atoms in total. The summed E-state index contributed by atoms with van der Waals surface area (Å²) in [6.45, 7) is 0.860. The zero-order valence-corrected chi connectivity index (χ0v) is 16.8. The molecule has 0 bridgehead atoms. The van der Waals surface area contributed by atoms with E-state index in [-0.39, 0.29) is 12.0 Å². The minimum absolute atomic E-state index is 0.245. The molecule has 1 N–H and O–H groups in total. The Bertz CT molecular complexity index is 1070. The number of cyclic esters (lactones) is 1. The minimum Gasteiger partial charge on any atom is -0.447 e. The Morgan fingerprint density at radius 2 is 2.03 bits per heavy atom. The highest BCUT2D eigenvalue weighted by atomic mass is 32.1. The Kier molecular flexibility index (Phi) is 5.13. The normalized spacial score (nSPS) is 13.3. The van der Waals surface area contributed by atoms with Crippen LogP contribution in [0.15, 0.2) is 48.5 Å². The number of carbonyl (C=O) groups is 2. The van der Waals surface area contributed by atoms with Gasteiger partial charge in [0.05, 0.1) is 6.54 Å². The van der Waals surface area contributed by atoms with Crippen molar-refractivity contribution in [2.24, 2.45) is 0 Å². The summed E-state index contributed by atoms with van der Waals surface area (Å²) in [6.07, 6.45) is -0.379. The number of carbonyl (C=O) groups excluding carboxylic acids is 2. The number of aromatic nitrogens is 2. The van der Waals surface area contributed by atoms with E-state index in [1.54, 1.807) is 36.4 Å². The lowest BCUT2D eigenvalue weighted by Gasteiger charge is -2.14. The van der Waals surface area contributed by atoms with Crippen LogP contribution in [-0.4, -0.2) is 48.6 Å². The van der Waals surface area contributed by atoms with E-state index >= 15 is 0 Å². The molecule has 1 fully saturated rings. The molecule has 2 amide bonds. The maximum Gasteiger partial charge on any atom is 0.414 e. The molecule has 0 aliphatic carbocycles. The van der Waals surface area contributed by atoms with Crippen LogP contribution in [0.25, 0.3) is 10.6 Å². The predicted molar refractivity (Wildman–Crippen MR) is 113 cm³/mol. The fourth-order valence-corrected chi connectivity index (χ4v) is 3.62. The van der Waals surface area contributed by atoms with Gasteiger partial charge in [-0.05, 0) is 41.9 Å². The molecule has 0 saturated carbocycles. The second-order valence-corrected chi connectivity index (χ2v) is 7.40. The average Bonchev–Trinajstić information content (AvgIpc) is 3.38. The summed E-state index contributed by atoms with van der Waals surface area (Å²) in [7, 11) is 3.76. The van der Waals surface area contributed by atoms with Crippen molar-refractivity contribution >= 4 is 40.9 Å². The number of benzene rings is 2. The first-order chi connectivity index (χ1) is 14.0. The highest BCUT2D eigenvalue weighted by molar-refractivity contribution is 7.09. The van der Waals surface area contributed by atoms with Crippen molar-refractivity contribution in [3.63, 3.8) is 0 Å². The van der Waals surface area contributed by atoms with Crippen LogP contribution in [0.4, 0.5) is 22.1 Å². The lowest BCUT2D eigenvalue weighted by atomic mass is 10.1. The molecular formula is C20H19N5O3S. The Hall–Kier alpha value is -3.46. The van der Waals surface area contributed by atoms with Crippen LogP contribution in [0.2, 0.25) is 0 Å². The van der Waals surface area contributed by atoms with E-state index in [9.17, 15) is 9.59 Å². The van der Waals surface area contributed by atoms with Crippen LogP contribution in [0.3, 0.4) is 0 Å². The number of nitrogens with one attached hydrogen (secondary N) is 1. The predicted octanol–water partition coefficient (Wildman–Crippen LogP) is 3.48. The number of rotatable bonds is 5. The second-order valence-electron chi connectivity index (χ2n) is 6.65. The second kappa shape index (κ2) is 7.88. The summed E-state index contributed by atoms with van der Waals surface area (Å²) in [5, 5.41) is 3.63. The quantitative estimate of drug-likeness (QED) is 0.694. The lowest BCUT2D eigenvalue weighted by molar-refractivity contribution is 0.102. The summed E-state index contributed by atoms with van der Waals surface area (Å²) in [4.78, 5) is 32.3. The first-order valence-corrected chi connectivity index (χ1v) is 9.76. The molecule has 9 heteroatoms. The Balaban J connectivity index is 1.52. The first-order valence-electron chi connectivity index (χ1n) is 8.98. The summed E-state index contributed by atoms with van der Waals surface area (Å²) < 4.78 is 9.27. The third-order valence-corrected chi connectivity index (χ3v) is 5.12. The summed E-state index contributed by atoms with van der Waals surface area (Å²) in [5.41, 5.74) is 2.62. The van der Waals surface area contributed by atoms with Gasteiger partial charge in [0.15, 0.2) is 0 Å². The van der Waals surface area contributed by atoms with Gasteiger partial charge in [-0.2, -0.15) is 9.36 Å². The van der Waals surface area contributed by atoms with Crippen LogP contribution in [0, 0.1) is 0 Å². The van der Waals surface area contributed by atoms with Gasteiger partial charge in [0.2, 0.25) is 5.95 Å². The number of ether oxygens (including phenoxy) is 1. The van der Waals surface area contributed by atoms with Crippen molar-refractivity contribution in [1.29, 1.82) is 0 Å². The van der Waals surface area contributed by atoms with E-state index < -0.39 is 0 Å². The van der Waals surface area contributed by atoms with E-state index in [2.05, 4.69) is 14.7 Å². The minimum atomic E-state index is -0.379. The molecular weight excluding hydrogens is 390 g/mol. The number of nitrogens with zero attached hydrogens (tertiary/aromatic N) is 4. The van der Waals surface area contributed by atoms with Crippen molar-refractivity contribution in [1.82, 2.24) is 9.36 Å². The number of amides is 2. The van der Waals surface area contributed by atoms with Crippen molar-refractivity contribution in [3.05, 3.63) is 54.1 Å². The standard InChI is InChI=1S/C20H19N5O3S/c1-24(2)19-22-18(29-23-19)14-6-3-5-13(11-14)17(26)21-15-7-4-8-16(12-15)25-9-10-28-20(25)27/h3-8,11-12H,9-10H2,1-2H3,(H,21,26). The molecule has 0 unspecified atom stereocenters. The van der Waals surface area contributed by atoms with Crippen molar-refractivity contribution in [2.45, 2.75) is 0 Å². The fraction of sp³-hybridized carbons (Fsp3) is 0.200. The molecule has 0 radical (unpaired) electrons. The molecule has 2 aromatic carbocycles. The highest BCUT2D eigenvalue weighted by Crippen LogP contribution is 2.26. The Morgan fingerprint density at radius 1 is 1.21 bits per heavy atom. The van der Waals surface area contributed by atoms with Crippen LogP contribution in [-0.2, 0) is 4.74 Å². The lowest BCUT2D eigenvalue weighted by Crippen LogP contribution is -2.23. The fourth-order valence-electron chi connectivity index (χ4n) is 2.89. The van der Waals surface area contributed by atoms with Gasteiger partial charge in [-0.15, -0.1) is 0 Å². The zero-order valence-electron chi connectivity index (χ0n) is 16.0. The summed E-state index contributed by atoms with van der Waals surface area (Å²) in [5.74, 6) is 0.391. The molecule has 148 valence electrons.